The lowest BCUT2D eigenvalue weighted by molar-refractivity contribution is -0.379. The summed E-state index contributed by atoms with van der Waals surface area (Å²) in [6, 6.07) is -1.01. The van der Waals surface area contributed by atoms with Crippen molar-refractivity contribution < 1.29 is 89.4 Å². The van der Waals surface area contributed by atoms with Crippen LogP contribution in [0.25, 0.3) is 0 Å². The number of unbranched alkanes of at least 4 members (excludes halogenated alkanes) is 41. The molecule has 0 aromatic carbocycles. The Bertz CT molecular complexity index is 2570. The highest BCUT2D eigenvalue weighted by Gasteiger charge is 2.54. The predicted molar refractivity (Wildman–Crippen MR) is 470 cm³/mol. The number of aliphatic hydroxyl groups excluding tert-OH is 11. The quantitative estimate of drug-likeness (QED) is 0.0199. The third-order valence-electron chi connectivity index (χ3n) is 22.5. The fraction of sp³-hybridized carbons (Fsp3) is 0.784. The van der Waals surface area contributed by atoms with Crippen LogP contribution in [0, 0.1) is 0 Å². The minimum absolute atomic E-state index is 0.228. The van der Waals surface area contributed by atoms with E-state index in [0.717, 1.165) is 89.9 Å². The smallest absolute Gasteiger partial charge is 0.220 e. The molecule has 0 aliphatic carbocycles. The maximum Gasteiger partial charge on any atom is 0.220 e. The summed E-state index contributed by atoms with van der Waals surface area (Å²) in [5.74, 6) is -0.288. The molecule has 0 spiro atoms. The zero-order chi connectivity index (χ0) is 83.8. The van der Waals surface area contributed by atoms with E-state index in [1.165, 1.54) is 231 Å². The molecule has 3 saturated heterocycles. The fourth-order valence-electron chi connectivity index (χ4n) is 15.1. The van der Waals surface area contributed by atoms with E-state index in [0.29, 0.717) is 12.8 Å². The van der Waals surface area contributed by atoms with Gasteiger partial charge in [-0.1, -0.05) is 367 Å². The van der Waals surface area contributed by atoms with Crippen LogP contribution in [0.2, 0.25) is 0 Å². The van der Waals surface area contributed by atoms with E-state index in [-0.39, 0.29) is 18.9 Å². The van der Waals surface area contributed by atoms with E-state index in [1.807, 2.05) is 6.08 Å². The predicted octanol–water partition coefficient (Wildman–Crippen LogP) is 18.6. The van der Waals surface area contributed by atoms with Gasteiger partial charge in [0.1, 0.15) is 73.2 Å². The first-order valence-electron chi connectivity index (χ1n) is 46.8. The molecule has 3 aliphatic rings. The van der Waals surface area contributed by atoms with Crippen LogP contribution in [-0.2, 0) is 33.2 Å². The fourth-order valence-corrected chi connectivity index (χ4v) is 15.1. The molecule has 1 amide bonds. The van der Waals surface area contributed by atoms with Gasteiger partial charge in [-0.3, -0.25) is 4.79 Å². The SMILES string of the molecule is CC/C=C\C/C=C\C/C=C\C/C=C\C/C=C\C/C=C\C/C=C\CCCCCCCCCCCCCCCCCCCC(=O)NC(COC1OC(CO)C(OC2OC(CO)C(OC3OC(CO)C(O)C(O)C3O)C(O)C2O)C(O)C1O)C(O)/C=C/CC/C=C/CC/C=C/CCCCCCCCCCCCCCCCCCCCCCCC. The van der Waals surface area contributed by atoms with Crippen LogP contribution in [0.3, 0.4) is 0 Å². The van der Waals surface area contributed by atoms with Crippen LogP contribution in [0.1, 0.15) is 354 Å². The van der Waals surface area contributed by atoms with Crippen molar-refractivity contribution in [1.29, 1.82) is 0 Å². The van der Waals surface area contributed by atoms with Crippen LogP contribution in [0.5, 0.6) is 0 Å². The van der Waals surface area contributed by atoms with Gasteiger partial charge in [-0.25, -0.2) is 0 Å². The Morgan fingerprint density at radius 1 is 0.319 bits per heavy atom. The number of carbonyl (C=O) groups excluding carboxylic acids is 1. The Kier molecular flexibility index (Phi) is 68.8. The molecule has 3 heterocycles. The van der Waals surface area contributed by atoms with E-state index in [9.17, 15) is 61.0 Å². The van der Waals surface area contributed by atoms with Crippen molar-refractivity contribution in [1.82, 2.24) is 5.32 Å². The van der Waals surface area contributed by atoms with Gasteiger partial charge in [0.25, 0.3) is 0 Å². The number of nitrogens with one attached hydrogen (secondary N) is 1. The number of carbonyl (C=O) groups is 1. The summed E-state index contributed by atoms with van der Waals surface area (Å²) in [4.78, 5) is 13.5. The summed E-state index contributed by atoms with van der Waals surface area (Å²) in [6.07, 6.45) is 80.7. The molecule has 17 unspecified atom stereocenters. The molecule has 3 fully saturated rings. The summed E-state index contributed by atoms with van der Waals surface area (Å²) in [7, 11) is 0. The number of ether oxygens (including phenoxy) is 6. The molecule has 17 atom stereocenters. The van der Waals surface area contributed by atoms with Gasteiger partial charge in [0.2, 0.25) is 5.91 Å². The summed E-state index contributed by atoms with van der Waals surface area (Å²) in [5.41, 5.74) is 0. The molecule has 0 saturated carbocycles. The number of hydrogen-bond donors (Lipinski definition) is 12. The molecule has 12 N–H and O–H groups in total. The maximum absolute atomic E-state index is 13.5. The van der Waals surface area contributed by atoms with Crippen molar-refractivity contribution in [3.63, 3.8) is 0 Å². The number of rotatable bonds is 75. The molecule has 0 bridgehead atoms. The molecule has 0 aromatic heterocycles. The Hall–Kier alpha value is -3.81. The summed E-state index contributed by atoms with van der Waals surface area (Å²) in [6.45, 7) is 1.63. The summed E-state index contributed by atoms with van der Waals surface area (Å²) >= 11 is 0. The van der Waals surface area contributed by atoms with Crippen molar-refractivity contribution in [3.8, 4) is 0 Å². The highest BCUT2D eigenvalue weighted by Crippen LogP contribution is 2.34. The number of amides is 1. The first-order valence-corrected chi connectivity index (χ1v) is 46.8. The highest BCUT2D eigenvalue weighted by atomic mass is 16.8. The Balaban J connectivity index is 1.33. The topological polar surface area (TPSA) is 307 Å². The van der Waals surface area contributed by atoms with Gasteiger partial charge < -0.3 is 89.9 Å². The molecule has 116 heavy (non-hydrogen) atoms. The first kappa shape index (κ1) is 106. The Morgan fingerprint density at radius 2 is 0.603 bits per heavy atom. The van der Waals surface area contributed by atoms with Crippen LogP contribution >= 0.6 is 0 Å². The molecule has 3 aliphatic heterocycles. The van der Waals surface area contributed by atoms with E-state index < -0.39 is 124 Å². The summed E-state index contributed by atoms with van der Waals surface area (Å²) < 4.78 is 34.5. The largest absolute Gasteiger partial charge is 0.394 e. The lowest BCUT2D eigenvalue weighted by Crippen LogP contribution is -2.66. The van der Waals surface area contributed by atoms with Gasteiger partial charge in [0.05, 0.1) is 38.6 Å². The number of allylic oxidation sites excluding steroid dienone is 19. The third kappa shape index (κ3) is 52.5. The summed E-state index contributed by atoms with van der Waals surface area (Å²) in [5, 5.41) is 121. The molecule has 670 valence electrons. The van der Waals surface area contributed by atoms with Gasteiger partial charge in [-0.15, -0.1) is 0 Å². The van der Waals surface area contributed by atoms with E-state index in [2.05, 4.69) is 129 Å². The average Bonchev–Trinajstić information content (AvgIpc) is 0.779. The third-order valence-corrected chi connectivity index (χ3v) is 22.5. The Labute approximate surface area is 703 Å². The van der Waals surface area contributed by atoms with Crippen molar-refractivity contribution in [2.45, 2.75) is 458 Å². The molecular formula is C97H169NO18. The van der Waals surface area contributed by atoms with Gasteiger partial charge in [-0.05, 0) is 103 Å². The van der Waals surface area contributed by atoms with Crippen LogP contribution < -0.4 is 5.32 Å². The minimum atomic E-state index is -1.99. The highest BCUT2D eigenvalue weighted by molar-refractivity contribution is 5.76. The first-order chi connectivity index (χ1) is 56.8. The zero-order valence-corrected chi connectivity index (χ0v) is 72.4. The average molecular weight is 1640 g/mol. The minimum Gasteiger partial charge on any atom is -0.394 e. The van der Waals surface area contributed by atoms with Gasteiger partial charge >= 0.3 is 0 Å². The van der Waals surface area contributed by atoms with Gasteiger partial charge in [-0.2, -0.15) is 0 Å². The van der Waals surface area contributed by atoms with Gasteiger partial charge in [0, 0.05) is 6.42 Å². The van der Waals surface area contributed by atoms with Crippen molar-refractivity contribution in [2.75, 3.05) is 26.4 Å². The van der Waals surface area contributed by atoms with Crippen molar-refractivity contribution in [2.24, 2.45) is 0 Å². The standard InChI is InChI=1S/C97H169NO18/c1-3-5-7-9-11-13-15-17-19-21-23-25-27-29-31-33-35-37-38-39-40-41-42-43-45-47-49-51-53-55-57-59-61-63-65-67-69-71-73-75-85(103)98-80(81(102)74-72-70-68-66-64-62-60-58-56-54-52-50-48-46-44-36-34-32-30-28-26-24-22-20-18-16-14-12-10-8-6-4-2)79-111-95-91(109)88(106)93(83(77-100)113-95)116-97-92(110)89(107)94(84(78-101)114-97)115-96-90(108)87(105)86(104)82(76-99)112-96/h5,7,11,13,17,19,23,25,29,31,35,37,39-40,56,58,64,66,72,74,80-84,86-97,99-102,104-110H,3-4,6,8-10,12,14-16,18,20-22,24,26-28,30,32-34,36,38,41-55,57,59-63,65,67-71,73,75-79H2,1-2H3,(H,98,103)/b7-5-,13-11-,19-17-,25-23-,31-29-,37-35-,40-39-,58-56+,66-64+,74-72+. The molecule has 0 aromatic rings. The zero-order valence-electron chi connectivity index (χ0n) is 72.4. The van der Waals surface area contributed by atoms with E-state index in [1.54, 1.807) is 6.08 Å². The second kappa shape index (κ2) is 75.0. The van der Waals surface area contributed by atoms with Crippen LogP contribution in [0.4, 0.5) is 0 Å². The molecular weight excluding hydrogens is 1470 g/mol. The van der Waals surface area contributed by atoms with Gasteiger partial charge in [0.15, 0.2) is 18.9 Å². The molecule has 19 nitrogen and oxygen atoms in total. The Morgan fingerprint density at radius 3 is 0.966 bits per heavy atom. The van der Waals surface area contributed by atoms with Crippen LogP contribution in [-0.4, -0.2) is 193 Å². The number of hydrogen-bond acceptors (Lipinski definition) is 18. The maximum atomic E-state index is 13.5. The lowest BCUT2D eigenvalue weighted by atomic mass is 9.96. The number of aliphatic hydroxyl groups is 11. The van der Waals surface area contributed by atoms with Crippen LogP contribution in [0.15, 0.2) is 122 Å². The second-order valence-corrected chi connectivity index (χ2v) is 32.7. The van der Waals surface area contributed by atoms with Crippen molar-refractivity contribution >= 4 is 5.91 Å². The van der Waals surface area contributed by atoms with Crippen molar-refractivity contribution in [3.05, 3.63) is 122 Å². The van der Waals surface area contributed by atoms with E-state index in [4.69, 9.17) is 28.4 Å². The second-order valence-electron chi connectivity index (χ2n) is 32.7. The lowest BCUT2D eigenvalue weighted by Gasteiger charge is -2.48. The normalized spacial score (nSPS) is 25.1. The molecule has 3 rings (SSSR count). The van der Waals surface area contributed by atoms with E-state index >= 15 is 0 Å². The monoisotopic (exact) mass is 1640 g/mol. The molecule has 0 radical (unpaired) electrons. The molecule has 19 heteroatoms.